The molecule has 4 heteroatoms. The molecule has 1 aliphatic heterocycles. The van der Waals surface area contributed by atoms with Crippen LogP contribution < -0.4 is 5.32 Å². The molecule has 1 unspecified atom stereocenters. The molecule has 1 aliphatic rings. The summed E-state index contributed by atoms with van der Waals surface area (Å²) < 4.78 is 0. The maximum Gasteiger partial charge on any atom is 0.0334 e. The molecule has 0 amide bonds. The standard InChI is InChI=1S/C14H28N2S2/c1-5-16(6-2)8-7-15-9-13-14(11(3)4)12(17)10-18-13/h11-12,15,17H,5-10H2,1-4H3. The van der Waals surface area contributed by atoms with E-state index in [2.05, 4.69) is 50.5 Å². The Bertz CT molecular complexity index is 273. The highest BCUT2D eigenvalue weighted by atomic mass is 32.2. The molecule has 1 heterocycles. The van der Waals surface area contributed by atoms with Gasteiger partial charge in [0.15, 0.2) is 0 Å². The van der Waals surface area contributed by atoms with Crippen LogP contribution in [-0.4, -0.2) is 48.6 Å². The monoisotopic (exact) mass is 288 g/mol. The van der Waals surface area contributed by atoms with Gasteiger partial charge in [-0.15, -0.1) is 11.8 Å². The molecule has 0 bridgehead atoms. The smallest absolute Gasteiger partial charge is 0.0334 e. The van der Waals surface area contributed by atoms with Gasteiger partial charge in [-0.1, -0.05) is 27.7 Å². The summed E-state index contributed by atoms with van der Waals surface area (Å²) in [5, 5.41) is 4.04. The summed E-state index contributed by atoms with van der Waals surface area (Å²) in [6, 6.07) is 0. The van der Waals surface area contributed by atoms with Crippen LogP contribution in [0.1, 0.15) is 27.7 Å². The van der Waals surface area contributed by atoms with E-state index in [1.165, 1.54) is 4.91 Å². The van der Waals surface area contributed by atoms with Crippen LogP contribution in [0.4, 0.5) is 0 Å². The molecule has 0 saturated carbocycles. The number of likely N-dealkylation sites (N-methyl/N-ethyl adjacent to an activating group) is 1. The zero-order valence-corrected chi connectivity index (χ0v) is 13.9. The maximum atomic E-state index is 4.68. The first kappa shape index (κ1) is 16.4. The summed E-state index contributed by atoms with van der Waals surface area (Å²) in [6.45, 7) is 14.5. The third-order valence-electron chi connectivity index (χ3n) is 3.50. The van der Waals surface area contributed by atoms with Crippen molar-refractivity contribution in [2.45, 2.75) is 32.9 Å². The normalized spacial score (nSPS) is 20.5. The van der Waals surface area contributed by atoms with Gasteiger partial charge < -0.3 is 10.2 Å². The van der Waals surface area contributed by atoms with Crippen molar-refractivity contribution in [3.05, 3.63) is 10.5 Å². The number of nitrogens with zero attached hydrogens (tertiary/aromatic N) is 1. The van der Waals surface area contributed by atoms with Gasteiger partial charge >= 0.3 is 0 Å². The Morgan fingerprint density at radius 2 is 2.06 bits per heavy atom. The molecule has 1 atom stereocenters. The second-order valence-corrected chi connectivity index (χ2v) is 6.80. The van der Waals surface area contributed by atoms with E-state index >= 15 is 0 Å². The highest BCUT2D eigenvalue weighted by Gasteiger charge is 2.24. The van der Waals surface area contributed by atoms with Crippen LogP contribution in [-0.2, 0) is 0 Å². The number of rotatable bonds is 8. The van der Waals surface area contributed by atoms with Crippen molar-refractivity contribution in [1.82, 2.24) is 10.2 Å². The maximum absolute atomic E-state index is 4.68. The minimum atomic E-state index is 0.467. The zero-order valence-electron chi connectivity index (χ0n) is 12.2. The molecule has 0 aliphatic carbocycles. The van der Waals surface area contributed by atoms with Crippen molar-refractivity contribution in [2.75, 3.05) is 38.5 Å². The quantitative estimate of drug-likeness (QED) is 0.528. The summed E-state index contributed by atoms with van der Waals surface area (Å²) in [4.78, 5) is 3.98. The average molecular weight is 289 g/mol. The van der Waals surface area contributed by atoms with Crippen LogP contribution in [0.5, 0.6) is 0 Å². The van der Waals surface area contributed by atoms with Crippen molar-refractivity contribution in [3.63, 3.8) is 0 Å². The van der Waals surface area contributed by atoms with E-state index in [-0.39, 0.29) is 0 Å². The summed E-state index contributed by atoms with van der Waals surface area (Å²) in [7, 11) is 0. The Kier molecular flexibility index (Phi) is 7.76. The first-order chi connectivity index (χ1) is 8.60. The minimum Gasteiger partial charge on any atom is -0.311 e. The van der Waals surface area contributed by atoms with Gasteiger partial charge in [-0.25, -0.2) is 0 Å². The number of hydrogen-bond donors (Lipinski definition) is 2. The first-order valence-corrected chi connectivity index (χ1v) is 8.57. The van der Waals surface area contributed by atoms with E-state index < -0.39 is 0 Å². The summed E-state index contributed by atoms with van der Waals surface area (Å²) >= 11 is 6.66. The Hall–Kier alpha value is 0.360. The van der Waals surface area contributed by atoms with Gasteiger partial charge in [0.1, 0.15) is 0 Å². The third-order valence-corrected chi connectivity index (χ3v) is 5.44. The van der Waals surface area contributed by atoms with E-state index in [4.69, 9.17) is 0 Å². The molecule has 106 valence electrons. The Morgan fingerprint density at radius 1 is 1.39 bits per heavy atom. The van der Waals surface area contributed by atoms with Crippen LogP contribution >= 0.6 is 24.4 Å². The van der Waals surface area contributed by atoms with Crippen molar-refractivity contribution < 1.29 is 0 Å². The van der Waals surface area contributed by atoms with Crippen LogP contribution in [0.15, 0.2) is 10.5 Å². The molecule has 2 nitrogen and oxygen atoms in total. The molecule has 18 heavy (non-hydrogen) atoms. The van der Waals surface area contributed by atoms with E-state index in [0.717, 1.165) is 38.5 Å². The second kappa shape index (κ2) is 8.51. The van der Waals surface area contributed by atoms with Crippen molar-refractivity contribution >= 4 is 24.4 Å². The molecule has 0 aromatic carbocycles. The molecule has 0 aromatic rings. The molecule has 0 saturated heterocycles. The minimum absolute atomic E-state index is 0.467. The fourth-order valence-corrected chi connectivity index (χ4v) is 4.43. The van der Waals surface area contributed by atoms with Crippen LogP contribution in [0.3, 0.4) is 0 Å². The number of thioether (sulfide) groups is 1. The van der Waals surface area contributed by atoms with Crippen molar-refractivity contribution in [3.8, 4) is 0 Å². The van der Waals surface area contributed by atoms with E-state index in [1.54, 1.807) is 5.57 Å². The van der Waals surface area contributed by atoms with Gasteiger partial charge in [-0.2, -0.15) is 12.6 Å². The fraction of sp³-hybridized carbons (Fsp3) is 0.857. The molecule has 0 fully saturated rings. The lowest BCUT2D eigenvalue weighted by Gasteiger charge is -2.18. The lowest BCUT2D eigenvalue weighted by Crippen LogP contribution is -2.32. The number of hydrogen-bond acceptors (Lipinski definition) is 4. The number of nitrogens with one attached hydrogen (secondary N) is 1. The predicted molar refractivity (Wildman–Crippen MR) is 87.8 cm³/mol. The van der Waals surface area contributed by atoms with Crippen LogP contribution in [0, 0.1) is 5.92 Å². The highest BCUT2D eigenvalue weighted by molar-refractivity contribution is 8.04. The topological polar surface area (TPSA) is 15.3 Å². The van der Waals surface area contributed by atoms with E-state index in [1.807, 2.05) is 11.8 Å². The largest absolute Gasteiger partial charge is 0.311 e. The van der Waals surface area contributed by atoms with Gasteiger partial charge in [0.05, 0.1) is 0 Å². The van der Waals surface area contributed by atoms with Gasteiger partial charge in [0, 0.05) is 30.6 Å². The Morgan fingerprint density at radius 3 is 2.61 bits per heavy atom. The van der Waals surface area contributed by atoms with E-state index in [9.17, 15) is 0 Å². The predicted octanol–water partition coefficient (Wildman–Crippen LogP) is 2.87. The molecule has 0 spiro atoms. The van der Waals surface area contributed by atoms with Crippen LogP contribution in [0.25, 0.3) is 0 Å². The van der Waals surface area contributed by atoms with Gasteiger partial charge in [0.25, 0.3) is 0 Å². The first-order valence-electron chi connectivity index (χ1n) is 7.06. The molecule has 0 radical (unpaired) electrons. The highest BCUT2D eigenvalue weighted by Crippen LogP contribution is 2.37. The molecular weight excluding hydrogens is 260 g/mol. The lowest BCUT2D eigenvalue weighted by atomic mass is 10.00. The Balaban J connectivity index is 2.34. The average Bonchev–Trinajstić information content (AvgIpc) is 2.71. The van der Waals surface area contributed by atoms with Crippen molar-refractivity contribution in [1.29, 1.82) is 0 Å². The zero-order chi connectivity index (χ0) is 13.5. The lowest BCUT2D eigenvalue weighted by molar-refractivity contribution is 0.304. The summed E-state index contributed by atoms with van der Waals surface area (Å²) in [5.74, 6) is 1.77. The second-order valence-electron chi connectivity index (χ2n) is 5.06. The van der Waals surface area contributed by atoms with Gasteiger partial charge in [0.2, 0.25) is 0 Å². The summed E-state index contributed by atoms with van der Waals surface area (Å²) in [5.41, 5.74) is 1.55. The fourth-order valence-electron chi connectivity index (χ4n) is 2.38. The summed E-state index contributed by atoms with van der Waals surface area (Å²) in [6.07, 6.45) is 0. The molecule has 1 rings (SSSR count). The molecular formula is C14H28N2S2. The van der Waals surface area contributed by atoms with E-state index in [0.29, 0.717) is 11.2 Å². The third kappa shape index (κ3) is 4.80. The molecule has 0 aromatic heterocycles. The molecule has 1 N–H and O–H groups in total. The van der Waals surface area contributed by atoms with Crippen LogP contribution in [0.2, 0.25) is 0 Å². The van der Waals surface area contributed by atoms with Crippen molar-refractivity contribution in [2.24, 2.45) is 5.92 Å². The Labute approximate surface area is 122 Å². The number of thiol groups is 1. The SMILES string of the molecule is CCN(CC)CCNCC1=C(C(C)C)C(S)CS1. The van der Waals surface area contributed by atoms with Gasteiger partial charge in [-0.05, 0) is 29.5 Å². The van der Waals surface area contributed by atoms with Gasteiger partial charge in [-0.3, -0.25) is 0 Å².